The molecule has 0 spiro atoms. The second kappa shape index (κ2) is 10.2. The summed E-state index contributed by atoms with van der Waals surface area (Å²) in [6.07, 6.45) is 2.77. The number of benzene rings is 1. The highest BCUT2D eigenvalue weighted by Gasteiger charge is 2.61. The topological polar surface area (TPSA) is 201 Å². The number of likely N-dealkylation sites (tertiary alicyclic amines) is 1. The number of halogens is 1. The standard InChI is InChI=1S/C28H34FN5O7/c1-33(2)21-14-9-12-8-13-15(29)10-16(32-17(35)11-34-6-4-3-5-7-34)22(36)19(13)23(37)18(12)26(39)28(14,41)25(30)20(24(21)38)27(31)40/h10,12,14,21,30,36,38-39,41H,3-9,11H2,1-2H3,(H2,31,40)(H,32,35)/t12-,14-,21-,28+/m0/s1. The van der Waals surface area contributed by atoms with Gasteiger partial charge in [0.2, 0.25) is 5.91 Å². The maximum Gasteiger partial charge on any atom is 0.254 e. The molecule has 1 saturated heterocycles. The smallest absolute Gasteiger partial charge is 0.254 e. The summed E-state index contributed by atoms with van der Waals surface area (Å²) in [6, 6.07) is -0.108. The van der Waals surface area contributed by atoms with E-state index in [4.69, 9.17) is 11.1 Å². The van der Waals surface area contributed by atoms with Crippen molar-refractivity contribution < 1.29 is 39.2 Å². The average Bonchev–Trinajstić information content (AvgIpc) is 2.89. The van der Waals surface area contributed by atoms with E-state index in [1.807, 2.05) is 4.90 Å². The highest BCUT2D eigenvalue weighted by atomic mass is 19.1. The number of anilines is 1. The summed E-state index contributed by atoms with van der Waals surface area (Å²) in [5, 5.41) is 56.1. The van der Waals surface area contributed by atoms with Crippen molar-refractivity contribution in [1.29, 1.82) is 5.41 Å². The predicted octanol–water partition coefficient (Wildman–Crippen LogP) is 1.13. The van der Waals surface area contributed by atoms with Crippen molar-refractivity contribution in [1.82, 2.24) is 9.80 Å². The predicted molar refractivity (Wildman–Crippen MR) is 145 cm³/mol. The van der Waals surface area contributed by atoms with E-state index in [-0.39, 0.29) is 36.2 Å². The number of aliphatic hydroxyl groups is 3. The fraction of sp³-hybridized carbons (Fsp3) is 0.500. The largest absolute Gasteiger partial charge is 0.510 e. The maximum absolute atomic E-state index is 15.4. The number of nitrogens with two attached hydrogens (primary N) is 1. The van der Waals surface area contributed by atoms with E-state index >= 15 is 4.39 Å². The quantitative estimate of drug-likeness (QED) is 0.253. The van der Waals surface area contributed by atoms with Crippen molar-refractivity contribution >= 4 is 29.0 Å². The Labute approximate surface area is 235 Å². The zero-order valence-corrected chi connectivity index (χ0v) is 22.8. The summed E-state index contributed by atoms with van der Waals surface area (Å²) in [5.41, 5.74) is 0.0883. The van der Waals surface area contributed by atoms with Crippen LogP contribution in [0, 0.1) is 23.1 Å². The number of carbonyl (C=O) groups is 3. The molecule has 1 aliphatic heterocycles. The highest BCUT2D eigenvalue weighted by Crippen LogP contribution is 2.53. The first kappa shape index (κ1) is 28.7. The van der Waals surface area contributed by atoms with Crippen molar-refractivity contribution in [2.45, 2.75) is 43.7 Å². The third kappa shape index (κ3) is 4.39. The molecule has 1 aromatic carbocycles. The van der Waals surface area contributed by atoms with Crippen LogP contribution in [0.1, 0.15) is 41.6 Å². The molecule has 3 aliphatic carbocycles. The van der Waals surface area contributed by atoms with Gasteiger partial charge < -0.3 is 36.9 Å². The molecule has 5 rings (SSSR count). The van der Waals surface area contributed by atoms with Gasteiger partial charge >= 0.3 is 0 Å². The Hall–Kier alpha value is -3.81. The summed E-state index contributed by atoms with van der Waals surface area (Å²) in [4.78, 5) is 42.1. The Morgan fingerprint density at radius 3 is 2.49 bits per heavy atom. The van der Waals surface area contributed by atoms with Gasteiger partial charge in [-0.1, -0.05) is 6.42 Å². The zero-order chi connectivity index (χ0) is 30.0. The number of phenols is 1. The molecule has 0 saturated carbocycles. The van der Waals surface area contributed by atoms with Crippen LogP contribution in [0.2, 0.25) is 0 Å². The molecule has 8 N–H and O–H groups in total. The monoisotopic (exact) mass is 571 g/mol. The lowest BCUT2D eigenvalue weighted by molar-refractivity contribution is -0.117. The number of nitrogens with one attached hydrogen (secondary N) is 2. The molecule has 0 unspecified atom stereocenters. The molecule has 0 radical (unpaired) electrons. The number of hydrogen-bond donors (Lipinski definition) is 7. The van der Waals surface area contributed by atoms with Gasteiger partial charge in [-0.25, -0.2) is 4.39 Å². The molecule has 2 amide bonds. The fourth-order valence-corrected chi connectivity index (χ4v) is 6.93. The molecule has 1 aromatic rings. The summed E-state index contributed by atoms with van der Waals surface area (Å²) in [7, 11) is 3.12. The molecule has 1 fully saturated rings. The number of piperidine rings is 1. The number of carbonyl (C=O) groups excluding carboxylic acids is 3. The SMILES string of the molecule is CN(C)[C@@H]1C(O)=C(C(N)=O)C(=N)[C@@]2(O)C(O)=C3C(=O)c4c(O)c(NC(=O)CN5CCCCC5)cc(F)c4C[C@H]3C[C@@H]12. The van der Waals surface area contributed by atoms with Crippen molar-refractivity contribution in [3.05, 3.63) is 45.7 Å². The van der Waals surface area contributed by atoms with Crippen LogP contribution in [0.3, 0.4) is 0 Å². The van der Waals surface area contributed by atoms with Crippen LogP contribution in [0.15, 0.2) is 28.7 Å². The van der Waals surface area contributed by atoms with Gasteiger partial charge in [0.1, 0.15) is 22.9 Å². The van der Waals surface area contributed by atoms with E-state index in [2.05, 4.69) is 5.32 Å². The Kier molecular flexibility index (Phi) is 7.16. The van der Waals surface area contributed by atoms with Gasteiger partial charge in [0, 0.05) is 23.1 Å². The normalized spacial score (nSPS) is 28.4. The van der Waals surface area contributed by atoms with Crippen LogP contribution in [0.5, 0.6) is 5.75 Å². The third-order valence-corrected chi connectivity index (χ3v) is 8.82. The van der Waals surface area contributed by atoms with E-state index in [1.54, 1.807) is 14.1 Å². The van der Waals surface area contributed by atoms with Crippen LogP contribution < -0.4 is 11.1 Å². The molecule has 1 heterocycles. The number of amides is 2. The van der Waals surface area contributed by atoms with Crippen LogP contribution >= 0.6 is 0 Å². The first-order valence-corrected chi connectivity index (χ1v) is 13.5. The second-order valence-electron chi connectivity index (χ2n) is 11.5. The number of aromatic hydroxyl groups is 1. The minimum Gasteiger partial charge on any atom is -0.510 e. The van der Waals surface area contributed by atoms with Crippen molar-refractivity contribution in [3.63, 3.8) is 0 Å². The Balaban J connectivity index is 1.56. The number of phenolic OH excluding ortho intramolecular Hbond substituents is 1. The summed E-state index contributed by atoms with van der Waals surface area (Å²) >= 11 is 0. The molecule has 41 heavy (non-hydrogen) atoms. The minimum atomic E-state index is -2.57. The molecule has 12 nitrogen and oxygen atoms in total. The van der Waals surface area contributed by atoms with Crippen LogP contribution in [-0.4, -0.2) is 98.9 Å². The minimum absolute atomic E-state index is 0.0340. The van der Waals surface area contributed by atoms with Gasteiger partial charge in [-0.3, -0.25) is 24.2 Å². The van der Waals surface area contributed by atoms with E-state index in [0.29, 0.717) is 0 Å². The molecule has 0 bridgehead atoms. The van der Waals surface area contributed by atoms with Crippen molar-refractivity contribution in [3.8, 4) is 5.75 Å². The van der Waals surface area contributed by atoms with Gasteiger partial charge in [0.25, 0.3) is 5.91 Å². The van der Waals surface area contributed by atoms with Gasteiger partial charge in [-0.2, -0.15) is 0 Å². The molecule has 4 aliphatic rings. The molecular weight excluding hydrogens is 537 g/mol. The number of allylic oxidation sites excluding steroid dienone is 1. The number of fused-ring (bicyclic) bond motifs is 3. The van der Waals surface area contributed by atoms with Gasteiger partial charge in [0.15, 0.2) is 17.1 Å². The molecule has 0 aromatic heterocycles. The number of aliphatic hydroxyl groups excluding tert-OH is 2. The lowest BCUT2D eigenvalue weighted by Gasteiger charge is -2.51. The maximum atomic E-state index is 15.4. The van der Waals surface area contributed by atoms with E-state index in [1.165, 1.54) is 4.90 Å². The molecule has 4 atom stereocenters. The van der Waals surface area contributed by atoms with E-state index in [0.717, 1.165) is 38.4 Å². The number of hydrogen-bond acceptors (Lipinski definition) is 10. The number of rotatable bonds is 5. The summed E-state index contributed by atoms with van der Waals surface area (Å²) in [6.45, 7) is 1.51. The van der Waals surface area contributed by atoms with Crippen molar-refractivity contribution in [2.24, 2.45) is 17.6 Å². The molecular formula is C28H34FN5O7. The van der Waals surface area contributed by atoms with Gasteiger partial charge in [0.05, 0.1) is 29.5 Å². The summed E-state index contributed by atoms with van der Waals surface area (Å²) in [5.74, 6) is -7.58. The fourth-order valence-electron chi connectivity index (χ4n) is 6.93. The van der Waals surface area contributed by atoms with Crippen LogP contribution in [0.4, 0.5) is 10.1 Å². The van der Waals surface area contributed by atoms with E-state index in [9.17, 15) is 34.8 Å². The number of Topliss-reactive ketones (excluding diaryl/α,β-unsaturated/α-hetero) is 1. The Morgan fingerprint density at radius 1 is 1.22 bits per heavy atom. The average molecular weight is 572 g/mol. The Morgan fingerprint density at radius 2 is 1.88 bits per heavy atom. The summed E-state index contributed by atoms with van der Waals surface area (Å²) < 4.78 is 15.4. The number of likely N-dealkylation sites (N-methyl/N-ethyl adjacent to an activating group) is 1. The number of ketones is 1. The highest BCUT2D eigenvalue weighted by molar-refractivity contribution is 6.26. The lowest BCUT2D eigenvalue weighted by atomic mass is 9.58. The van der Waals surface area contributed by atoms with E-state index < -0.39 is 81.0 Å². The first-order valence-electron chi connectivity index (χ1n) is 13.5. The van der Waals surface area contributed by atoms with Gasteiger partial charge in [-0.15, -0.1) is 0 Å². The molecule has 220 valence electrons. The first-order chi connectivity index (χ1) is 19.3. The number of nitrogens with zero attached hydrogens (tertiary/aromatic N) is 2. The second-order valence-corrected chi connectivity index (χ2v) is 11.5. The van der Waals surface area contributed by atoms with Crippen molar-refractivity contribution in [2.75, 3.05) is 39.0 Å². The van der Waals surface area contributed by atoms with Gasteiger partial charge in [-0.05, 0) is 58.8 Å². The zero-order valence-electron chi connectivity index (χ0n) is 22.8. The van der Waals surface area contributed by atoms with Crippen LogP contribution in [-0.2, 0) is 16.0 Å². The molecule has 13 heteroatoms. The lowest BCUT2D eigenvalue weighted by Crippen LogP contribution is -2.63. The number of primary amides is 1. The Bertz CT molecular complexity index is 1430. The van der Waals surface area contributed by atoms with Crippen LogP contribution in [0.25, 0.3) is 0 Å². The third-order valence-electron chi connectivity index (χ3n) is 8.82.